The van der Waals surface area contributed by atoms with Crippen LogP contribution in [0.3, 0.4) is 0 Å². The third-order valence-electron chi connectivity index (χ3n) is 8.14. The number of hydrogen-bond donors (Lipinski definition) is 0. The van der Waals surface area contributed by atoms with E-state index < -0.39 is 108 Å². The van der Waals surface area contributed by atoms with Crippen LogP contribution in [0.15, 0.2) is 163 Å². The van der Waals surface area contributed by atoms with Gasteiger partial charge >= 0.3 is 0 Å². The lowest BCUT2D eigenvalue weighted by molar-refractivity contribution is 1.14. The summed E-state index contributed by atoms with van der Waals surface area (Å²) < 4.78 is 159. The summed E-state index contributed by atoms with van der Waals surface area (Å²) in [5.41, 5.74) is -0.615. The van der Waals surface area contributed by atoms with E-state index in [0.717, 1.165) is 0 Å². The Morgan fingerprint density at radius 1 is 0.333 bits per heavy atom. The zero-order chi connectivity index (χ0) is 44.3. The molecule has 3 heteroatoms. The third kappa shape index (κ3) is 3.35. The average Bonchev–Trinajstić information content (AvgIpc) is 3.94. The SMILES string of the molecule is [2H]c1c([2H])c([2H])c2c(c1[2H])c1c([2H])c([2H])c(-n3c4c([2H])c([2H])c([2H])c([2H])c4c4c([2H])c([2H])c5c6c([2H])c([2H])c([2H])c([2H])c6n(-c6ccccc6)c5c43)c([2H])c1n2-c1ccccc1. The summed E-state index contributed by atoms with van der Waals surface area (Å²) in [6.45, 7) is 0. The van der Waals surface area contributed by atoms with Crippen molar-refractivity contribution in [3.63, 3.8) is 0 Å². The van der Waals surface area contributed by atoms with Gasteiger partial charge in [-0.05, 0) is 54.5 Å². The maximum absolute atomic E-state index is 10.1. The normalized spacial score (nSPS) is 17.3. The largest absolute Gasteiger partial charge is 0.309 e. The van der Waals surface area contributed by atoms with E-state index in [1.165, 1.54) is 13.7 Å². The predicted octanol–water partition coefficient (Wildman–Crippen LogP) is 11.0. The maximum atomic E-state index is 10.1. The molecule has 45 heavy (non-hydrogen) atoms. The molecule has 0 spiro atoms. The number of aromatic nitrogens is 3. The van der Waals surface area contributed by atoms with E-state index in [-0.39, 0.29) is 65.4 Å². The Labute approximate surface area is 283 Å². The molecule has 7 aromatic carbocycles. The van der Waals surface area contributed by atoms with Crippen molar-refractivity contribution in [1.29, 1.82) is 0 Å². The number of fused-ring (bicyclic) bond motifs is 10. The minimum atomic E-state index is -0.712. The van der Waals surface area contributed by atoms with Crippen LogP contribution in [0.2, 0.25) is 0 Å². The average molecular weight is 591 g/mol. The van der Waals surface area contributed by atoms with Gasteiger partial charge in [-0.25, -0.2) is 0 Å². The van der Waals surface area contributed by atoms with Crippen LogP contribution in [0.4, 0.5) is 0 Å². The molecule has 10 aromatic rings. The molecule has 3 heterocycles. The molecule has 0 saturated heterocycles. The Balaban J connectivity index is 1.59. The molecule has 0 atom stereocenters. The molecular formula is C42H27N3. The smallest absolute Gasteiger partial charge is 0.0788 e. The van der Waals surface area contributed by atoms with Gasteiger partial charge in [-0.3, -0.25) is 0 Å². The zero-order valence-corrected chi connectivity index (χ0v) is 23.1. The van der Waals surface area contributed by atoms with E-state index in [4.69, 9.17) is 13.7 Å². The fourth-order valence-electron chi connectivity index (χ4n) is 6.32. The van der Waals surface area contributed by atoms with Gasteiger partial charge in [0.15, 0.2) is 0 Å². The van der Waals surface area contributed by atoms with Gasteiger partial charge in [0, 0.05) is 49.4 Å². The lowest BCUT2D eigenvalue weighted by Crippen LogP contribution is -1.99. The van der Waals surface area contributed by atoms with Crippen molar-refractivity contribution in [1.82, 2.24) is 13.7 Å². The number of para-hydroxylation sites is 5. The molecule has 210 valence electrons. The summed E-state index contributed by atoms with van der Waals surface area (Å²) in [6.07, 6.45) is 0. The highest BCUT2D eigenvalue weighted by molar-refractivity contribution is 6.24. The van der Waals surface area contributed by atoms with Gasteiger partial charge in [-0.2, -0.15) is 0 Å². The highest BCUT2D eigenvalue weighted by Gasteiger charge is 2.22. The lowest BCUT2D eigenvalue weighted by Gasteiger charge is -2.13. The van der Waals surface area contributed by atoms with E-state index in [1.54, 1.807) is 60.7 Å². The second kappa shape index (κ2) is 9.22. The third-order valence-corrected chi connectivity index (χ3v) is 8.14. The first kappa shape index (κ1) is 13.3. The monoisotopic (exact) mass is 590 g/mol. The fourth-order valence-corrected chi connectivity index (χ4v) is 6.32. The number of rotatable bonds is 3. The molecule has 0 aliphatic carbocycles. The van der Waals surface area contributed by atoms with Crippen molar-refractivity contribution in [3.05, 3.63) is 163 Å². The van der Waals surface area contributed by atoms with Crippen molar-refractivity contribution in [2.45, 2.75) is 0 Å². The highest BCUT2D eigenvalue weighted by atomic mass is 15.1. The van der Waals surface area contributed by atoms with Gasteiger partial charge in [0.05, 0.1) is 56.4 Å². The minimum absolute atomic E-state index is 0.0455. The molecule has 0 aliphatic rings. The van der Waals surface area contributed by atoms with Crippen LogP contribution in [0, 0.1) is 0 Å². The summed E-state index contributed by atoms with van der Waals surface area (Å²) in [6, 6.07) is 6.71. The highest BCUT2D eigenvalue weighted by Crippen LogP contribution is 2.42. The van der Waals surface area contributed by atoms with E-state index in [2.05, 4.69) is 0 Å². The maximum Gasteiger partial charge on any atom is 0.0788 e. The standard InChI is InChI=1S/C42H27N3/c1-3-13-28(14-4-1)43-37-20-10-7-17-31(37)34-24-23-30(27-40(34)43)45-39-22-12-9-19-33(39)36-26-25-35-32-18-8-11-21-38(32)44(41(35)42(36)45)29-15-5-2-6-16-29/h1-27H/i7D,8D,9D,10D,11D,12D,17D,18D,19D,20D,21D,22D,23D,24D,25D,26D,27D. The summed E-state index contributed by atoms with van der Waals surface area (Å²) in [5.74, 6) is 0. The van der Waals surface area contributed by atoms with Gasteiger partial charge in [-0.15, -0.1) is 0 Å². The fraction of sp³-hybridized carbons (Fsp3) is 0. The van der Waals surface area contributed by atoms with Crippen LogP contribution in [0.25, 0.3) is 82.5 Å². The van der Waals surface area contributed by atoms with Crippen molar-refractivity contribution in [3.8, 4) is 17.1 Å². The summed E-state index contributed by atoms with van der Waals surface area (Å²) in [4.78, 5) is 0. The predicted molar refractivity (Wildman–Crippen MR) is 189 cm³/mol. The zero-order valence-electron chi connectivity index (χ0n) is 40.1. The van der Waals surface area contributed by atoms with Gasteiger partial charge < -0.3 is 13.7 Å². The second-order valence-electron chi connectivity index (χ2n) is 10.5. The molecule has 0 radical (unpaired) electrons. The first-order chi connectivity index (χ1) is 29.4. The molecule has 0 amide bonds. The van der Waals surface area contributed by atoms with E-state index in [0.29, 0.717) is 11.4 Å². The molecular weight excluding hydrogens is 546 g/mol. The van der Waals surface area contributed by atoms with Gasteiger partial charge in [0.2, 0.25) is 0 Å². The van der Waals surface area contributed by atoms with E-state index >= 15 is 0 Å². The molecule has 0 fully saturated rings. The van der Waals surface area contributed by atoms with Gasteiger partial charge in [0.1, 0.15) is 0 Å². The number of hydrogen-bond acceptors (Lipinski definition) is 0. The Morgan fingerprint density at radius 2 is 0.733 bits per heavy atom. The minimum Gasteiger partial charge on any atom is -0.309 e. The van der Waals surface area contributed by atoms with Crippen LogP contribution in [-0.4, -0.2) is 13.7 Å². The summed E-state index contributed by atoms with van der Waals surface area (Å²) in [7, 11) is 0. The van der Waals surface area contributed by atoms with Crippen LogP contribution in [0.1, 0.15) is 23.3 Å². The van der Waals surface area contributed by atoms with Gasteiger partial charge in [0.25, 0.3) is 0 Å². The summed E-state index contributed by atoms with van der Waals surface area (Å²) >= 11 is 0. The lowest BCUT2D eigenvalue weighted by atomic mass is 10.1. The topological polar surface area (TPSA) is 14.8 Å². The van der Waals surface area contributed by atoms with E-state index in [9.17, 15) is 9.60 Å². The van der Waals surface area contributed by atoms with Gasteiger partial charge in [-0.1, -0.05) is 109 Å². The Bertz CT molecular complexity index is 3700. The number of nitrogens with zero attached hydrogens (tertiary/aromatic N) is 3. The second-order valence-corrected chi connectivity index (χ2v) is 10.5. The van der Waals surface area contributed by atoms with Crippen molar-refractivity contribution < 1.29 is 23.3 Å². The molecule has 0 N–H and O–H groups in total. The molecule has 3 aromatic heterocycles. The molecule has 0 unspecified atom stereocenters. The molecule has 0 saturated carbocycles. The van der Waals surface area contributed by atoms with Crippen LogP contribution < -0.4 is 0 Å². The van der Waals surface area contributed by atoms with Crippen LogP contribution in [-0.2, 0) is 0 Å². The molecule has 0 aliphatic heterocycles. The quantitative estimate of drug-likeness (QED) is 0.194. The molecule has 10 rings (SSSR count). The van der Waals surface area contributed by atoms with E-state index in [1.807, 2.05) is 0 Å². The molecule has 3 nitrogen and oxygen atoms in total. The van der Waals surface area contributed by atoms with Crippen molar-refractivity contribution >= 4 is 65.4 Å². The Morgan fingerprint density at radius 3 is 1.29 bits per heavy atom. The summed E-state index contributed by atoms with van der Waals surface area (Å²) in [5, 5.41) is -1.02. The number of benzene rings is 7. The van der Waals surface area contributed by atoms with Crippen molar-refractivity contribution in [2.24, 2.45) is 0 Å². The Hall–Kier alpha value is -6.06. The Kier molecular flexibility index (Phi) is 2.72. The van der Waals surface area contributed by atoms with Crippen LogP contribution in [0.5, 0.6) is 0 Å². The van der Waals surface area contributed by atoms with Crippen LogP contribution >= 0.6 is 0 Å². The van der Waals surface area contributed by atoms with Crippen molar-refractivity contribution in [2.75, 3.05) is 0 Å². The molecule has 0 bridgehead atoms. The first-order valence-electron chi connectivity index (χ1n) is 22.6. The first-order valence-corrected chi connectivity index (χ1v) is 14.1.